The SMILES string of the molecule is Cc1ccc(C2C(c3ccccn3)NC(=S)N2Cc2ccccc2)n1-c1cccnc1. The molecule has 1 N–H and O–H groups in total. The summed E-state index contributed by atoms with van der Waals surface area (Å²) in [5.41, 5.74) is 5.54. The molecule has 0 saturated carbocycles. The molecule has 4 heterocycles. The Hall–Kier alpha value is -3.51. The van der Waals surface area contributed by atoms with E-state index in [1.54, 1.807) is 6.20 Å². The molecule has 0 radical (unpaired) electrons. The number of nitrogens with zero attached hydrogens (tertiary/aromatic N) is 4. The van der Waals surface area contributed by atoms with E-state index in [-0.39, 0.29) is 12.1 Å². The molecule has 6 heteroatoms. The summed E-state index contributed by atoms with van der Waals surface area (Å²) >= 11 is 5.83. The Morgan fingerprint density at radius 2 is 1.77 bits per heavy atom. The van der Waals surface area contributed by atoms with E-state index in [0.717, 1.165) is 34.4 Å². The minimum Gasteiger partial charge on any atom is -0.352 e. The van der Waals surface area contributed by atoms with E-state index in [0.29, 0.717) is 0 Å². The highest BCUT2D eigenvalue weighted by molar-refractivity contribution is 7.80. The van der Waals surface area contributed by atoms with Crippen molar-refractivity contribution in [3.63, 3.8) is 0 Å². The minimum absolute atomic E-state index is 0.0171. The van der Waals surface area contributed by atoms with Crippen LogP contribution in [-0.2, 0) is 6.54 Å². The molecule has 31 heavy (non-hydrogen) atoms. The maximum atomic E-state index is 5.83. The summed E-state index contributed by atoms with van der Waals surface area (Å²) in [6, 6.07) is 24.8. The zero-order chi connectivity index (χ0) is 21.2. The predicted molar refractivity (Wildman–Crippen MR) is 126 cm³/mol. The Morgan fingerprint density at radius 1 is 0.935 bits per heavy atom. The highest BCUT2D eigenvalue weighted by Crippen LogP contribution is 2.40. The molecule has 0 spiro atoms. The van der Waals surface area contributed by atoms with Gasteiger partial charge in [0, 0.05) is 30.3 Å². The van der Waals surface area contributed by atoms with Crippen molar-refractivity contribution >= 4 is 17.3 Å². The van der Waals surface area contributed by atoms with Crippen LogP contribution in [0.2, 0.25) is 0 Å². The van der Waals surface area contributed by atoms with Crippen molar-refractivity contribution in [1.29, 1.82) is 0 Å². The smallest absolute Gasteiger partial charge is 0.170 e. The third-order valence-corrected chi connectivity index (χ3v) is 6.06. The lowest BCUT2D eigenvalue weighted by Crippen LogP contribution is -2.30. The van der Waals surface area contributed by atoms with Gasteiger partial charge >= 0.3 is 0 Å². The number of thiocarbonyl (C=S) groups is 1. The van der Waals surface area contributed by atoms with E-state index in [4.69, 9.17) is 12.2 Å². The Balaban J connectivity index is 1.63. The molecule has 1 aliphatic rings. The lowest BCUT2D eigenvalue weighted by atomic mass is 10.0. The van der Waals surface area contributed by atoms with Gasteiger partial charge in [-0.3, -0.25) is 9.97 Å². The first kappa shape index (κ1) is 19.5. The first-order valence-electron chi connectivity index (χ1n) is 10.3. The second kappa shape index (κ2) is 8.32. The number of pyridine rings is 2. The molecule has 154 valence electrons. The van der Waals surface area contributed by atoms with Gasteiger partial charge in [-0.1, -0.05) is 36.4 Å². The predicted octanol–water partition coefficient (Wildman–Crippen LogP) is 4.75. The van der Waals surface area contributed by atoms with Gasteiger partial charge < -0.3 is 14.8 Å². The van der Waals surface area contributed by atoms with Gasteiger partial charge in [0.2, 0.25) is 0 Å². The number of hydrogen-bond acceptors (Lipinski definition) is 3. The molecule has 1 saturated heterocycles. The number of benzene rings is 1. The molecule has 0 bridgehead atoms. The minimum atomic E-state index is -0.0536. The van der Waals surface area contributed by atoms with Crippen molar-refractivity contribution in [3.05, 3.63) is 114 Å². The Bertz CT molecular complexity index is 1170. The van der Waals surface area contributed by atoms with Crippen LogP contribution >= 0.6 is 12.2 Å². The Kier molecular flexibility index (Phi) is 5.22. The molecule has 0 aliphatic carbocycles. The van der Waals surface area contributed by atoms with Gasteiger partial charge in [-0.15, -0.1) is 0 Å². The highest BCUT2D eigenvalue weighted by Gasteiger charge is 2.41. The highest BCUT2D eigenvalue weighted by atomic mass is 32.1. The van der Waals surface area contributed by atoms with Crippen LogP contribution in [0.4, 0.5) is 0 Å². The zero-order valence-corrected chi connectivity index (χ0v) is 18.0. The van der Waals surface area contributed by atoms with Gasteiger partial charge in [0.1, 0.15) is 0 Å². The molecule has 3 aromatic heterocycles. The second-order valence-corrected chi connectivity index (χ2v) is 8.07. The van der Waals surface area contributed by atoms with Crippen LogP contribution in [0.15, 0.2) is 91.4 Å². The van der Waals surface area contributed by atoms with Gasteiger partial charge in [0.15, 0.2) is 5.11 Å². The average Bonchev–Trinajstić information content (AvgIpc) is 3.35. The van der Waals surface area contributed by atoms with E-state index in [2.05, 4.69) is 80.2 Å². The summed E-state index contributed by atoms with van der Waals surface area (Å²) in [5.74, 6) is 0. The summed E-state index contributed by atoms with van der Waals surface area (Å²) in [4.78, 5) is 11.3. The van der Waals surface area contributed by atoms with Crippen molar-refractivity contribution in [3.8, 4) is 5.69 Å². The molecule has 2 unspecified atom stereocenters. The number of hydrogen-bond donors (Lipinski definition) is 1. The van der Waals surface area contributed by atoms with E-state index in [1.807, 2.05) is 36.7 Å². The molecule has 0 amide bonds. The molecular weight excluding hydrogens is 402 g/mol. The van der Waals surface area contributed by atoms with Crippen LogP contribution < -0.4 is 5.32 Å². The maximum absolute atomic E-state index is 5.83. The van der Waals surface area contributed by atoms with Crippen LogP contribution in [0.25, 0.3) is 5.69 Å². The molecule has 4 aromatic rings. The second-order valence-electron chi connectivity index (χ2n) is 7.69. The largest absolute Gasteiger partial charge is 0.352 e. The first-order valence-corrected chi connectivity index (χ1v) is 10.7. The zero-order valence-electron chi connectivity index (χ0n) is 17.2. The summed E-state index contributed by atoms with van der Waals surface area (Å²) in [5, 5.41) is 4.28. The quantitative estimate of drug-likeness (QED) is 0.468. The fraction of sp³-hybridized carbons (Fsp3) is 0.160. The molecule has 5 rings (SSSR count). The average molecular weight is 426 g/mol. The van der Waals surface area contributed by atoms with Crippen molar-refractivity contribution in [1.82, 2.24) is 24.8 Å². The van der Waals surface area contributed by atoms with Crippen LogP contribution in [0.1, 0.15) is 34.7 Å². The Morgan fingerprint density at radius 3 is 2.52 bits per heavy atom. The van der Waals surface area contributed by atoms with E-state index >= 15 is 0 Å². The first-order chi connectivity index (χ1) is 15.2. The van der Waals surface area contributed by atoms with Crippen molar-refractivity contribution in [2.24, 2.45) is 0 Å². The normalized spacial score (nSPS) is 18.2. The molecule has 5 nitrogen and oxygen atoms in total. The lowest BCUT2D eigenvalue weighted by Gasteiger charge is -2.29. The third-order valence-electron chi connectivity index (χ3n) is 5.71. The van der Waals surface area contributed by atoms with E-state index < -0.39 is 0 Å². The maximum Gasteiger partial charge on any atom is 0.170 e. The summed E-state index contributed by atoms with van der Waals surface area (Å²) in [6.07, 6.45) is 5.53. The molecular formula is C25H23N5S. The fourth-order valence-electron chi connectivity index (χ4n) is 4.31. The van der Waals surface area contributed by atoms with Gasteiger partial charge in [-0.05, 0) is 61.1 Å². The van der Waals surface area contributed by atoms with E-state index in [1.165, 1.54) is 5.56 Å². The van der Waals surface area contributed by atoms with Crippen molar-refractivity contribution < 1.29 is 0 Å². The van der Waals surface area contributed by atoms with E-state index in [9.17, 15) is 0 Å². The Labute approximate surface area is 187 Å². The van der Waals surface area contributed by atoms with Crippen molar-refractivity contribution in [2.45, 2.75) is 25.6 Å². The number of rotatable bonds is 5. The monoisotopic (exact) mass is 425 g/mol. The van der Waals surface area contributed by atoms with Gasteiger partial charge in [-0.25, -0.2) is 0 Å². The molecule has 2 atom stereocenters. The summed E-state index contributed by atoms with van der Waals surface area (Å²) < 4.78 is 2.27. The fourth-order valence-corrected chi connectivity index (χ4v) is 4.61. The van der Waals surface area contributed by atoms with Crippen LogP contribution in [-0.4, -0.2) is 24.5 Å². The number of aryl methyl sites for hydroxylation is 1. The van der Waals surface area contributed by atoms with Gasteiger partial charge in [0.05, 0.1) is 29.7 Å². The number of aromatic nitrogens is 3. The summed E-state index contributed by atoms with van der Waals surface area (Å²) in [7, 11) is 0. The van der Waals surface area contributed by atoms with Crippen LogP contribution in [0, 0.1) is 6.92 Å². The van der Waals surface area contributed by atoms with Gasteiger partial charge in [0.25, 0.3) is 0 Å². The standard InChI is InChI=1S/C25H23N5S/c1-18-12-13-22(30(18)20-10-7-14-26-16-20)24-23(21-11-5-6-15-27-21)28-25(31)29(24)17-19-8-3-2-4-9-19/h2-16,23-24H,17H2,1H3,(H,28,31). The van der Waals surface area contributed by atoms with Crippen molar-refractivity contribution in [2.75, 3.05) is 0 Å². The summed E-state index contributed by atoms with van der Waals surface area (Å²) in [6.45, 7) is 2.84. The number of nitrogens with one attached hydrogen (secondary N) is 1. The molecule has 1 aromatic carbocycles. The molecule has 1 aliphatic heterocycles. The third kappa shape index (κ3) is 3.70. The molecule has 1 fully saturated rings. The van der Waals surface area contributed by atoms with Crippen LogP contribution in [0.5, 0.6) is 0 Å². The van der Waals surface area contributed by atoms with Crippen LogP contribution in [0.3, 0.4) is 0 Å². The topological polar surface area (TPSA) is 46.0 Å². The lowest BCUT2D eigenvalue weighted by molar-refractivity contribution is 0.302. The van der Waals surface area contributed by atoms with Gasteiger partial charge in [-0.2, -0.15) is 0 Å².